The summed E-state index contributed by atoms with van der Waals surface area (Å²) in [5.74, 6) is 0.585. The Morgan fingerprint density at radius 3 is 2.92 bits per heavy atom. The molecule has 0 fully saturated rings. The number of nitrogens with zero attached hydrogens (tertiary/aromatic N) is 4. The third-order valence-corrected chi connectivity index (χ3v) is 3.54. The average molecular weight is 343 g/mol. The number of anilines is 1. The van der Waals surface area contributed by atoms with Gasteiger partial charge in [0.05, 0.1) is 30.4 Å². The molecular weight excluding hydrogens is 326 g/mol. The number of rotatable bonds is 6. The van der Waals surface area contributed by atoms with Gasteiger partial charge in [0.2, 0.25) is 5.71 Å². The van der Waals surface area contributed by atoms with E-state index in [0.29, 0.717) is 18.0 Å². The highest BCUT2D eigenvalue weighted by molar-refractivity contribution is 6.48. The highest BCUT2D eigenvalue weighted by atomic mass is 16.6. The Morgan fingerprint density at radius 1 is 1.44 bits per heavy atom. The summed E-state index contributed by atoms with van der Waals surface area (Å²) in [4.78, 5) is 17.1. The predicted octanol–water partition coefficient (Wildman–Crippen LogP) is 2.12. The van der Waals surface area contributed by atoms with Gasteiger partial charge in [-0.1, -0.05) is 10.3 Å². The normalized spacial score (nSPS) is 11.6. The number of carbonyl (C=O) groups is 1. The zero-order chi connectivity index (χ0) is 17.8. The van der Waals surface area contributed by atoms with Crippen LogP contribution in [0.25, 0.3) is 0 Å². The summed E-state index contributed by atoms with van der Waals surface area (Å²) in [5.41, 5.74) is 2.32. The molecule has 9 heteroatoms. The van der Waals surface area contributed by atoms with Crippen LogP contribution in [0.3, 0.4) is 0 Å². The van der Waals surface area contributed by atoms with Gasteiger partial charge in [0.25, 0.3) is 5.91 Å². The van der Waals surface area contributed by atoms with Crippen LogP contribution in [0.5, 0.6) is 0 Å². The van der Waals surface area contributed by atoms with E-state index in [1.54, 1.807) is 29.2 Å². The lowest BCUT2D eigenvalue weighted by Crippen LogP contribution is -2.23. The highest BCUT2D eigenvalue weighted by Gasteiger charge is 2.19. The van der Waals surface area contributed by atoms with Crippen molar-refractivity contribution in [2.45, 2.75) is 20.4 Å². The summed E-state index contributed by atoms with van der Waals surface area (Å²) in [6, 6.07) is 3.29. The molecule has 0 aliphatic rings. The molecule has 0 atom stereocenters. The van der Waals surface area contributed by atoms with Gasteiger partial charge >= 0.3 is 0 Å². The minimum atomic E-state index is -0.464. The monoisotopic (exact) mass is 343 g/mol. The lowest BCUT2D eigenvalue weighted by molar-refractivity contribution is -0.110. The summed E-state index contributed by atoms with van der Waals surface area (Å²) < 4.78 is 12.0. The van der Waals surface area contributed by atoms with Gasteiger partial charge < -0.3 is 19.1 Å². The molecule has 3 aromatic rings. The number of aryl methyl sites for hydroxylation is 2. The number of aromatic nitrogens is 3. The number of hydrogen-bond acceptors (Lipinski definition) is 7. The zero-order valence-corrected chi connectivity index (χ0v) is 14.0. The fourth-order valence-electron chi connectivity index (χ4n) is 2.30. The fourth-order valence-corrected chi connectivity index (χ4v) is 2.30. The smallest absolute Gasteiger partial charge is 0.281 e. The molecular formula is C16H17N5O4. The molecule has 1 amide bonds. The van der Waals surface area contributed by atoms with Crippen molar-refractivity contribution in [1.82, 2.24) is 14.9 Å². The Labute approximate surface area is 143 Å². The van der Waals surface area contributed by atoms with Crippen LogP contribution in [0.4, 0.5) is 5.69 Å². The number of nitrogens with one attached hydrogen (secondary N) is 1. The van der Waals surface area contributed by atoms with Crippen LogP contribution in [0.1, 0.15) is 22.8 Å². The molecule has 0 saturated carbocycles. The second-order valence-corrected chi connectivity index (χ2v) is 5.28. The molecule has 25 heavy (non-hydrogen) atoms. The first kappa shape index (κ1) is 16.5. The van der Waals surface area contributed by atoms with Crippen molar-refractivity contribution >= 4 is 17.3 Å². The van der Waals surface area contributed by atoms with Crippen LogP contribution in [0.15, 0.2) is 44.9 Å². The Kier molecular flexibility index (Phi) is 4.64. The van der Waals surface area contributed by atoms with Gasteiger partial charge in [0.1, 0.15) is 12.9 Å². The summed E-state index contributed by atoms with van der Waals surface area (Å²) in [5, 5.41) is 14.6. The molecule has 3 rings (SSSR count). The minimum absolute atomic E-state index is 0.0333. The van der Waals surface area contributed by atoms with Gasteiger partial charge in [0, 0.05) is 11.8 Å². The van der Waals surface area contributed by atoms with Crippen molar-refractivity contribution in [1.29, 1.82) is 0 Å². The van der Waals surface area contributed by atoms with Gasteiger partial charge in [-0.3, -0.25) is 9.48 Å². The van der Waals surface area contributed by atoms with Crippen LogP contribution < -0.4 is 5.32 Å². The fraction of sp³-hybridized carbons (Fsp3) is 0.250. The Hall–Kier alpha value is -3.36. The number of carbonyl (C=O) groups excluding carboxylic acids is 1. The molecule has 1 N–H and O–H groups in total. The van der Waals surface area contributed by atoms with Crippen LogP contribution in [0, 0.1) is 13.8 Å². The molecule has 130 valence electrons. The van der Waals surface area contributed by atoms with Gasteiger partial charge in [-0.25, -0.2) is 0 Å². The van der Waals surface area contributed by atoms with Crippen LogP contribution in [-0.4, -0.2) is 33.7 Å². The van der Waals surface area contributed by atoms with Gasteiger partial charge in [-0.15, -0.1) is 0 Å². The number of oxime groups is 1. The largest absolute Gasteiger partial charge is 0.462 e. The molecule has 3 heterocycles. The van der Waals surface area contributed by atoms with E-state index in [4.69, 9.17) is 13.8 Å². The molecule has 0 spiro atoms. The second-order valence-electron chi connectivity index (χ2n) is 5.28. The van der Waals surface area contributed by atoms with Crippen molar-refractivity contribution in [3.05, 3.63) is 53.6 Å². The van der Waals surface area contributed by atoms with Crippen molar-refractivity contribution in [2.75, 3.05) is 12.4 Å². The SMILES string of the molecule is CON=C(C(=O)Nc1cnn(Cc2c(C)noc2C)c1)c1ccco1. The molecule has 0 radical (unpaired) electrons. The Bertz CT molecular complexity index is 872. The molecule has 0 unspecified atom stereocenters. The molecule has 0 aliphatic carbocycles. The maximum Gasteiger partial charge on any atom is 0.281 e. The van der Waals surface area contributed by atoms with Crippen LogP contribution in [0.2, 0.25) is 0 Å². The maximum absolute atomic E-state index is 12.4. The van der Waals surface area contributed by atoms with E-state index in [2.05, 4.69) is 20.7 Å². The quantitative estimate of drug-likeness (QED) is 0.542. The predicted molar refractivity (Wildman–Crippen MR) is 88.2 cm³/mol. The van der Waals surface area contributed by atoms with Gasteiger partial charge in [0.15, 0.2) is 5.76 Å². The maximum atomic E-state index is 12.4. The molecule has 3 aromatic heterocycles. The van der Waals surface area contributed by atoms with E-state index >= 15 is 0 Å². The molecule has 0 bridgehead atoms. The number of furan rings is 1. The van der Waals surface area contributed by atoms with E-state index in [1.165, 1.54) is 13.4 Å². The molecule has 0 aromatic carbocycles. The summed E-state index contributed by atoms with van der Waals surface area (Å²) in [7, 11) is 1.36. The molecule has 0 saturated heterocycles. The highest BCUT2D eigenvalue weighted by Crippen LogP contribution is 2.15. The Morgan fingerprint density at radius 2 is 2.28 bits per heavy atom. The lowest BCUT2D eigenvalue weighted by atomic mass is 10.2. The minimum Gasteiger partial charge on any atom is -0.462 e. The standard InChI is InChI=1S/C16H17N5O4/c1-10-13(11(2)25-19-10)9-21-8-12(7-17-21)18-16(22)15(20-23-3)14-5-4-6-24-14/h4-8H,9H2,1-3H3,(H,18,22). The van der Waals surface area contributed by atoms with E-state index in [9.17, 15) is 4.79 Å². The van der Waals surface area contributed by atoms with Gasteiger partial charge in [-0.2, -0.15) is 5.10 Å². The van der Waals surface area contributed by atoms with Gasteiger partial charge in [-0.05, 0) is 26.0 Å². The molecule has 9 nitrogen and oxygen atoms in total. The van der Waals surface area contributed by atoms with E-state index in [-0.39, 0.29) is 5.71 Å². The summed E-state index contributed by atoms with van der Waals surface area (Å²) in [6.45, 7) is 4.21. The third kappa shape index (κ3) is 3.60. The van der Waals surface area contributed by atoms with Crippen LogP contribution in [-0.2, 0) is 16.2 Å². The first-order valence-corrected chi connectivity index (χ1v) is 7.49. The van der Waals surface area contributed by atoms with E-state index < -0.39 is 5.91 Å². The average Bonchev–Trinajstić information content (AvgIpc) is 3.32. The zero-order valence-electron chi connectivity index (χ0n) is 14.0. The van der Waals surface area contributed by atoms with Crippen molar-refractivity contribution in [3.63, 3.8) is 0 Å². The second kappa shape index (κ2) is 7.04. The van der Waals surface area contributed by atoms with E-state index in [0.717, 1.165) is 17.0 Å². The van der Waals surface area contributed by atoms with Crippen LogP contribution >= 0.6 is 0 Å². The van der Waals surface area contributed by atoms with E-state index in [1.807, 2.05) is 13.8 Å². The first-order chi connectivity index (χ1) is 12.1. The van der Waals surface area contributed by atoms with Crippen molar-refractivity contribution < 1.29 is 18.6 Å². The van der Waals surface area contributed by atoms with Crippen molar-refractivity contribution in [3.8, 4) is 0 Å². The van der Waals surface area contributed by atoms with Crippen molar-refractivity contribution in [2.24, 2.45) is 5.16 Å². The topological polar surface area (TPSA) is 108 Å². The third-order valence-electron chi connectivity index (χ3n) is 3.54. The summed E-state index contributed by atoms with van der Waals surface area (Å²) >= 11 is 0. The molecule has 0 aliphatic heterocycles. The number of amides is 1. The number of hydrogen-bond donors (Lipinski definition) is 1. The Balaban J connectivity index is 1.72. The summed E-state index contributed by atoms with van der Waals surface area (Å²) in [6.07, 6.45) is 4.70. The lowest BCUT2D eigenvalue weighted by Gasteiger charge is -2.03. The first-order valence-electron chi connectivity index (χ1n) is 7.49.